The summed E-state index contributed by atoms with van der Waals surface area (Å²) in [5.41, 5.74) is 2.84. The Morgan fingerprint density at radius 2 is 2.00 bits per heavy atom. The minimum absolute atomic E-state index is 0.0140. The van der Waals surface area contributed by atoms with Gasteiger partial charge < -0.3 is 5.11 Å². The van der Waals surface area contributed by atoms with E-state index in [0.29, 0.717) is 0 Å². The SMILES string of the molecule is CCS(=O)(=O)NCC(O)c1ccc(C)cc1C. The predicted molar refractivity (Wildman–Crippen MR) is 68.3 cm³/mol. The van der Waals surface area contributed by atoms with Gasteiger partial charge in [-0.2, -0.15) is 0 Å². The molecule has 0 spiro atoms. The Hall–Kier alpha value is -0.910. The zero-order valence-electron chi connectivity index (χ0n) is 10.4. The quantitative estimate of drug-likeness (QED) is 0.835. The fraction of sp³-hybridized carbons (Fsp3) is 0.500. The van der Waals surface area contributed by atoms with Gasteiger partial charge in [0, 0.05) is 6.54 Å². The first-order valence-corrected chi connectivity index (χ1v) is 7.23. The van der Waals surface area contributed by atoms with Crippen LogP contribution in [0.15, 0.2) is 18.2 Å². The summed E-state index contributed by atoms with van der Waals surface area (Å²) < 4.78 is 24.9. The third-order valence-electron chi connectivity index (χ3n) is 2.66. The number of aryl methyl sites for hydroxylation is 2. The molecule has 0 aromatic heterocycles. The van der Waals surface area contributed by atoms with Gasteiger partial charge in [-0.25, -0.2) is 13.1 Å². The molecule has 0 aliphatic carbocycles. The van der Waals surface area contributed by atoms with Crippen LogP contribution < -0.4 is 4.72 Å². The maximum atomic E-state index is 11.3. The van der Waals surface area contributed by atoms with Gasteiger partial charge in [-0.3, -0.25) is 0 Å². The molecule has 0 aliphatic heterocycles. The van der Waals surface area contributed by atoms with Gasteiger partial charge in [-0.15, -0.1) is 0 Å². The molecule has 0 amide bonds. The van der Waals surface area contributed by atoms with E-state index >= 15 is 0 Å². The van der Waals surface area contributed by atoms with Crippen molar-refractivity contribution < 1.29 is 13.5 Å². The summed E-state index contributed by atoms with van der Waals surface area (Å²) in [4.78, 5) is 0. The van der Waals surface area contributed by atoms with Gasteiger partial charge in [-0.1, -0.05) is 23.8 Å². The third-order valence-corrected chi connectivity index (χ3v) is 4.03. The summed E-state index contributed by atoms with van der Waals surface area (Å²) in [7, 11) is -3.25. The van der Waals surface area contributed by atoms with Crippen LogP contribution in [0.5, 0.6) is 0 Å². The summed E-state index contributed by atoms with van der Waals surface area (Å²) in [6.45, 7) is 5.45. The van der Waals surface area contributed by atoms with Crippen molar-refractivity contribution in [3.8, 4) is 0 Å². The van der Waals surface area contributed by atoms with Crippen LogP contribution in [-0.2, 0) is 10.0 Å². The molecule has 1 aromatic rings. The summed E-state index contributed by atoms with van der Waals surface area (Å²) >= 11 is 0. The van der Waals surface area contributed by atoms with Gasteiger partial charge in [0.25, 0.3) is 0 Å². The lowest BCUT2D eigenvalue weighted by molar-refractivity contribution is 0.181. The molecule has 5 heteroatoms. The summed E-state index contributed by atoms with van der Waals surface area (Å²) in [5, 5.41) is 9.92. The molecule has 0 saturated heterocycles. The lowest BCUT2D eigenvalue weighted by Crippen LogP contribution is -2.29. The molecular formula is C12H19NO3S. The molecule has 2 N–H and O–H groups in total. The molecule has 1 rings (SSSR count). The van der Waals surface area contributed by atoms with E-state index in [1.165, 1.54) is 0 Å². The zero-order valence-corrected chi connectivity index (χ0v) is 11.2. The fourth-order valence-corrected chi connectivity index (χ4v) is 2.23. The van der Waals surface area contributed by atoms with Crippen LogP contribution >= 0.6 is 0 Å². The zero-order chi connectivity index (χ0) is 13.1. The molecule has 1 aromatic carbocycles. The molecule has 1 atom stereocenters. The van der Waals surface area contributed by atoms with E-state index in [4.69, 9.17) is 0 Å². The van der Waals surface area contributed by atoms with Gasteiger partial charge in [0.1, 0.15) is 0 Å². The highest BCUT2D eigenvalue weighted by Crippen LogP contribution is 2.18. The van der Waals surface area contributed by atoms with Crippen LogP contribution in [0.2, 0.25) is 0 Å². The van der Waals surface area contributed by atoms with Crippen molar-refractivity contribution in [3.05, 3.63) is 34.9 Å². The standard InChI is InChI=1S/C12H19NO3S/c1-4-17(15,16)13-8-12(14)11-6-5-9(2)7-10(11)3/h5-7,12-14H,4,8H2,1-3H3. The molecule has 0 heterocycles. The number of aliphatic hydroxyl groups excluding tert-OH is 1. The summed E-state index contributed by atoms with van der Waals surface area (Å²) in [5.74, 6) is 0.0204. The maximum absolute atomic E-state index is 11.3. The topological polar surface area (TPSA) is 66.4 Å². The molecule has 1 unspecified atom stereocenters. The Morgan fingerprint density at radius 3 is 2.53 bits per heavy atom. The first-order valence-electron chi connectivity index (χ1n) is 5.58. The van der Waals surface area contributed by atoms with Crippen molar-refractivity contribution >= 4 is 10.0 Å². The Kier molecular flexibility index (Phi) is 4.68. The second kappa shape index (κ2) is 5.62. The first-order chi connectivity index (χ1) is 7.85. The Balaban J connectivity index is 2.74. The van der Waals surface area contributed by atoms with Crippen LogP contribution in [0.3, 0.4) is 0 Å². The van der Waals surface area contributed by atoms with E-state index in [1.807, 2.05) is 32.0 Å². The Morgan fingerprint density at radius 1 is 1.35 bits per heavy atom. The van der Waals surface area contributed by atoms with Crippen molar-refractivity contribution in [3.63, 3.8) is 0 Å². The molecular weight excluding hydrogens is 238 g/mol. The molecule has 0 aliphatic rings. The molecule has 17 heavy (non-hydrogen) atoms. The molecule has 0 bridgehead atoms. The van der Waals surface area contributed by atoms with Crippen LogP contribution in [0.4, 0.5) is 0 Å². The van der Waals surface area contributed by atoms with E-state index in [-0.39, 0.29) is 12.3 Å². The number of sulfonamides is 1. The second-order valence-corrected chi connectivity index (χ2v) is 6.22. The third kappa shape index (κ3) is 4.11. The van der Waals surface area contributed by atoms with Crippen LogP contribution in [0.1, 0.15) is 29.7 Å². The molecule has 4 nitrogen and oxygen atoms in total. The lowest BCUT2D eigenvalue weighted by Gasteiger charge is -2.14. The van der Waals surface area contributed by atoms with E-state index in [9.17, 15) is 13.5 Å². The van der Waals surface area contributed by atoms with Crippen molar-refractivity contribution in [1.29, 1.82) is 0 Å². The number of hydrogen-bond acceptors (Lipinski definition) is 3. The number of rotatable bonds is 5. The van der Waals surface area contributed by atoms with Crippen molar-refractivity contribution in [2.24, 2.45) is 0 Å². The van der Waals surface area contributed by atoms with Crippen LogP contribution in [0.25, 0.3) is 0 Å². The summed E-state index contributed by atoms with van der Waals surface area (Å²) in [6.07, 6.45) is -0.808. The van der Waals surface area contributed by atoms with Crippen LogP contribution in [0, 0.1) is 13.8 Å². The normalized spacial score (nSPS) is 13.6. The highest BCUT2D eigenvalue weighted by atomic mass is 32.2. The van der Waals surface area contributed by atoms with Crippen molar-refractivity contribution in [1.82, 2.24) is 4.72 Å². The van der Waals surface area contributed by atoms with E-state index in [2.05, 4.69) is 4.72 Å². The number of hydrogen-bond donors (Lipinski definition) is 2. The Bertz CT molecular complexity index is 483. The number of benzene rings is 1. The van der Waals surface area contributed by atoms with Crippen molar-refractivity contribution in [2.45, 2.75) is 26.9 Å². The smallest absolute Gasteiger partial charge is 0.211 e. The molecule has 0 radical (unpaired) electrons. The van der Waals surface area contributed by atoms with Gasteiger partial charge in [-0.05, 0) is 31.9 Å². The van der Waals surface area contributed by atoms with Crippen molar-refractivity contribution in [2.75, 3.05) is 12.3 Å². The van der Waals surface area contributed by atoms with E-state index in [1.54, 1.807) is 6.92 Å². The first kappa shape index (κ1) is 14.2. The van der Waals surface area contributed by atoms with Gasteiger partial charge >= 0.3 is 0 Å². The average molecular weight is 257 g/mol. The minimum Gasteiger partial charge on any atom is -0.387 e. The van der Waals surface area contributed by atoms with Gasteiger partial charge in [0.05, 0.1) is 11.9 Å². The molecule has 0 fully saturated rings. The van der Waals surface area contributed by atoms with Gasteiger partial charge in [0.2, 0.25) is 10.0 Å². The van der Waals surface area contributed by atoms with Gasteiger partial charge in [0.15, 0.2) is 0 Å². The number of aliphatic hydroxyl groups is 1. The summed E-state index contributed by atoms with van der Waals surface area (Å²) in [6, 6.07) is 5.70. The van der Waals surface area contributed by atoms with E-state index < -0.39 is 16.1 Å². The van der Waals surface area contributed by atoms with Crippen LogP contribution in [-0.4, -0.2) is 25.8 Å². The largest absolute Gasteiger partial charge is 0.387 e. The highest BCUT2D eigenvalue weighted by molar-refractivity contribution is 7.89. The maximum Gasteiger partial charge on any atom is 0.211 e. The predicted octanol–water partition coefficient (Wildman–Crippen LogP) is 1.28. The second-order valence-electron chi connectivity index (χ2n) is 4.13. The monoisotopic (exact) mass is 257 g/mol. The molecule has 0 saturated carbocycles. The lowest BCUT2D eigenvalue weighted by atomic mass is 10.0. The van der Waals surface area contributed by atoms with E-state index in [0.717, 1.165) is 16.7 Å². The Labute approximate surface area is 103 Å². The minimum atomic E-state index is -3.25. The number of nitrogens with one attached hydrogen (secondary N) is 1. The molecule has 96 valence electrons. The average Bonchev–Trinajstić information content (AvgIpc) is 2.26. The highest BCUT2D eigenvalue weighted by Gasteiger charge is 2.13. The fourth-order valence-electron chi connectivity index (χ4n) is 1.62.